The fourth-order valence-electron chi connectivity index (χ4n) is 2.72. The van der Waals surface area contributed by atoms with Gasteiger partial charge in [0.25, 0.3) is 0 Å². The van der Waals surface area contributed by atoms with Crippen LogP contribution in [0.25, 0.3) is 0 Å². The van der Waals surface area contributed by atoms with Gasteiger partial charge in [-0.1, -0.05) is 96.5 Å². The van der Waals surface area contributed by atoms with Gasteiger partial charge in [0.15, 0.2) is 0 Å². The smallest absolute Gasteiger partial charge is 0.434 e. The SMILES string of the molecule is C=CCCOC(=O)OCCCCCCCCCCCCCCCC. The van der Waals surface area contributed by atoms with Gasteiger partial charge < -0.3 is 9.47 Å². The molecule has 3 nitrogen and oxygen atoms in total. The van der Waals surface area contributed by atoms with Crippen molar-refractivity contribution in [3.63, 3.8) is 0 Å². The molecule has 0 aromatic heterocycles. The van der Waals surface area contributed by atoms with E-state index < -0.39 is 6.16 Å². The van der Waals surface area contributed by atoms with Crippen LogP contribution in [0.4, 0.5) is 4.79 Å². The van der Waals surface area contributed by atoms with Crippen LogP contribution in [0.15, 0.2) is 12.7 Å². The molecule has 0 saturated carbocycles. The third kappa shape index (κ3) is 19.1. The lowest BCUT2D eigenvalue weighted by Gasteiger charge is -2.05. The van der Waals surface area contributed by atoms with Gasteiger partial charge in [-0.3, -0.25) is 0 Å². The number of hydrogen-bond donors (Lipinski definition) is 0. The molecule has 0 amide bonds. The van der Waals surface area contributed by atoms with Crippen molar-refractivity contribution in [3.05, 3.63) is 12.7 Å². The summed E-state index contributed by atoms with van der Waals surface area (Å²) < 4.78 is 9.87. The molecule has 0 fully saturated rings. The van der Waals surface area contributed by atoms with Gasteiger partial charge in [-0.2, -0.15) is 0 Å². The average molecular weight is 341 g/mol. The van der Waals surface area contributed by atoms with E-state index in [1.165, 1.54) is 77.0 Å². The van der Waals surface area contributed by atoms with Crippen LogP contribution in [-0.4, -0.2) is 19.4 Å². The Hall–Kier alpha value is -0.990. The third-order valence-corrected chi connectivity index (χ3v) is 4.26. The Balaban J connectivity index is 3.07. The lowest BCUT2D eigenvalue weighted by Crippen LogP contribution is -2.09. The van der Waals surface area contributed by atoms with Gasteiger partial charge in [-0.25, -0.2) is 4.79 Å². The van der Waals surface area contributed by atoms with E-state index in [1.54, 1.807) is 6.08 Å². The van der Waals surface area contributed by atoms with E-state index in [4.69, 9.17) is 9.47 Å². The van der Waals surface area contributed by atoms with Gasteiger partial charge in [0.2, 0.25) is 0 Å². The molecule has 0 saturated heterocycles. The molecular weight excluding hydrogens is 300 g/mol. The highest BCUT2D eigenvalue weighted by molar-refractivity contribution is 5.59. The molecule has 24 heavy (non-hydrogen) atoms. The maximum absolute atomic E-state index is 11.2. The summed E-state index contributed by atoms with van der Waals surface area (Å²) >= 11 is 0. The van der Waals surface area contributed by atoms with E-state index in [0.29, 0.717) is 19.6 Å². The second-order valence-corrected chi connectivity index (χ2v) is 6.62. The van der Waals surface area contributed by atoms with Crippen LogP contribution < -0.4 is 0 Å². The Kier molecular flexibility index (Phi) is 19.2. The van der Waals surface area contributed by atoms with Crippen molar-refractivity contribution >= 4 is 6.16 Å². The highest BCUT2D eigenvalue weighted by Crippen LogP contribution is 2.12. The molecule has 3 heteroatoms. The van der Waals surface area contributed by atoms with Crippen molar-refractivity contribution < 1.29 is 14.3 Å². The topological polar surface area (TPSA) is 35.5 Å². The second kappa shape index (κ2) is 20.1. The van der Waals surface area contributed by atoms with Gasteiger partial charge in [0, 0.05) is 0 Å². The van der Waals surface area contributed by atoms with E-state index in [1.807, 2.05) is 0 Å². The number of ether oxygens (including phenoxy) is 2. The minimum Gasteiger partial charge on any atom is -0.434 e. The highest BCUT2D eigenvalue weighted by Gasteiger charge is 2.02. The van der Waals surface area contributed by atoms with Crippen LogP contribution in [0.1, 0.15) is 103 Å². The number of unbranched alkanes of at least 4 members (excludes halogenated alkanes) is 13. The van der Waals surface area contributed by atoms with E-state index >= 15 is 0 Å². The number of rotatable bonds is 18. The Morgan fingerprint density at radius 1 is 0.708 bits per heavy atom. The van der Waals surface area contributed by atoms with Crippen LogP contribution in [0, 0.1) is 0 Å². The Morgan fingerprint density at radius 3 is 1.58 bits per heavy atom. The Labute approximate surface area is 150 Å². The lowest BCUT2D eigenvalue weighted by molar-refractivity contribution is 0.0553. The molecule has 0 rings (SSSR count). The van der Waals surface area contributed by atoms with Crippen molar-refractivity contribution in [2.75, 3.05) is 13.2 Å². The van der Waals surface area contributed by atoms with Gasteiger partial charge in [0.1, 0.15) is 0 Å². The molecule has 0 aliphatic heterocycles. The summed E-state index contributed by atoms with van der Waals surface area (Å²) in [6.45, 7) is 6.68. The average Bonchev–Trinajstić information content (AvgIpc) is 2.58. The number of carbonyl (C=O) groups excluding carboxylic acids is 1. The van der Waals surface area contributed by atoms with Gasteiger partial charge in [-0.05, 0) is 12.8 Å². The maximum Gasteiger partial charge on any atom is 0.508 e. The molecule has 0 aromatic rings. The van der Waals surface area contributed by atoms with E-state index in [-0.39, 0.29) is 0 Å². The van der Waals surface area contributed by atoms with E-state index in [0.717, 1.165) is 12.8 Å². The molecule has 0 N–H and O–H groups in total. The molecule has 0 unspecified atom stereocenters. The summed E-state index contributed by atoms with van der Waals surface area (Å²) in [6.07, 6.45) is 20.4. The van der Waals surface area contributed by atoms with Crippen molar-refractivity contribution in [1.82, 2.24) is 0 Å². The van der Waals surface area contributed by atoms with Crippen LogP contribution in [0.2, 0.25) is 0 Å². The standard InChI is InChI=1S/C21H40O3/c1-3-5-7-8-9-10-11-12-13-14-15-16-17-18-20-24-21(22)23-19-6-4-2/h4H,2-3,5-20H2,1H3. The quantitative estimate of drug-likeness (QED) is 0.150. The predicted molar refractivity (Wildman–Crippen MR) is 102 cm³/mol. The minimum atomic E-state index is -0.549. The molecule has 0 atom stereocenters. The molecule has 0 aliphatic rings. The Bertz CT molecular complexity index is 276. The first-order chi connectivity index (χ1) is 11.8. The summed E-state index contributed by atoms with van der Waals surface area (Å²) in [7, 11) is 0. The van der Waals surface area contributed by atoms with Crippen molar-refractivity contribution in [2.24, 2.45) is 0 Å². The molecule has 0 bridgehead atoms. The zero-order chi connectivity index (χ0) is 17.7. The summed E-state index contributed by atoms with van der Waals surface area (Å²) in [5.41, 5.74) is 0. The monoisotopic (exact) mass is 340 g/mol. The summed E-state index contributed by atoms with van der Waals surface area (Å²) in [5.74, 6) is 0. The van der Waals surface area contributed by atoms with Gasteiger partial charge in [0.05, 0.1) is 13.2 Å². The lowest BCUT2D eigenvalue weighted by atomic mass is 10.0. The zero-order valence-corrected chi connectivity index (χ0v) is 16.0. The molecule has 0 aliphatic carbocycles. The summed E-state index contributed by atoms with van der Waals surface area (Å²) in [6, 6.07) is 0. The number of hydrogen-bond acceptors (Lipinski definition) is 3. The molecular formula is C21H40O3. The first-order valence-corrected chi connectivity index (χ1v) is 10.2. The first kappa shape index (κ1) is 23.0. The number of carbonyl (C=O) groups is 1. The zero-order valence-electron chi connectivity index (χ0n) is 16.0. The molecule has 142 valence electrons. The second-order valence-electron chi connectivity index (χ2n) is 6.62. The fraction of sp³-hybridized carbons (Fsp3) is 0.857. The predicted octanol–water partition coefficient (Wildman–Crippen LogP) is 7.20. The van der Waals surface area contributed by atoms with Gasteiger partial charge >= 0.3 is 6.16 Å². The van der Waals surface area contributed by atoms with Crippen LogP contribution in [0.5, 0.6) is 0 Å². The molecule has 0 radical (unpaired) electrons. The van der Waals surface area contributed by atoms with Crippen LogP contribution in [-0.2, 0) is 9.47 Å². The van der Waals surface area contributed by atoms with Crippen LogP contribution in [0.3, 0.4) is 0 Å². The largest absolute Gasteiger partial charge is 0.508 e. The summed E-state index contributed by atoms with van der Waals surface area (Å²) in [5, 5.41) is 0. The first-order valence-electron chi connectivity index (χ1n) is 10.2. The van der Waals surface area contributed by atoms with E-state index in [9.17, 15) is 4.79 Å². The molecule has 0 heterocycles. The normalized spacial score (nSPS) is 10.5. The highest BCUT2D eigenvalue weighted by atomic mass is 16.7. The van der Waals surface area contributed by atoms with Crippen molar-refractivity contribution in [1.29, 1.82) is 0 Å². The maximum atomic E-state index is 11.2. The molecule has 0 aromatic carbocycles. The fourth-order valence-corrected chi connectivity index (χ4v) is 2.72. The molecule has 0 spiro atoms. The van der Waals surface area contributed by atoms with Crippen LogP contribution >= 0.6 is 0 Å². The van der Waals surface area contributed by atoms with Crippen molar-refractivity contribution in [3.8, 4) is 0 Å². The van der Waals surface area contributed by atoms with Crippen molar-refractivity contribution in [2.45, 2.75) is 103 Å². The third-order valence-electron chi connectivity index (χ3n) is 4.26. The van der Waals surface area contributed by atoms with Gasteiger partial charge in [-0.15, -0.1) is 6.58 Å². The Morgan fingerprint density at radius 2 is 1.12 bits per heavy atom. The minimum absolute atomic E-state index is 0.362. The summed E-state index contributed by atoms with van der Waals surface area (Å²) in [4.78, 5) is 11.2. The van der Waals surface area contributed by atoms with E-state index in [2.05, 4.69) is 13.5 Å².